The van der Waals surface area contributed by atoms with E-state index in [0.29, 0.717) is 6.42 Å². The number of amides is 1. The standard InChI is InChI=1S/C18H22N2OS/c1-20(2)18(21)12-15-6-4-5-7-17(15)19-13-14-8-10-16(22-3)11-9-14/h4-11,19H,12-13H2,1-3H3. The molecule has 2 aromatic rings. The summed E-state index contributed by atoms with van der Waals surface area (Å²) in [6.07, 6.45) is 2.49. The van der Waals surface area contributed by atoms with E-state index in [4.69, 9.17) is 0 Å². The molecule has 0 atom stereocenters. The van der Waals surface area contributed by atoms with Crippen LogP contribution in [0, 0.1) is 0 Å². The zero-order chi connectivity index (χ0) is 15.9. The summed E-state index contributed by atoms with van der Waals surface area (Å²) in [7, 11) is 3.57. The van der Waals surface area contributed by atoms with Crippen LogP contribution in [-0.4, -0.2) is 31.2 Å². The molecule has 2 aromatic carbocycles. The van der Waals surface area contributed by atoms with Crippen molar-refractivity contribution >= 4 is 23.4 Å². The van der Waals surface area contributed by atoms with Crippen molar-refractivity contribution in [3.8, 4) is 0 Å². The van der Waals surface area contributed by atoms with E-state index in [1.165, 1.54) is 10.5 Å². The van der Waals surface area contributed by atoms with Crippen LogP contribution in [0.3, 0.4) is 0 Å². The maximum Gasteiger partial charge on any atom is 0.226 e. The smallest absolute Gasteiger partial charge is 0.226 e. The van der Waals surface area contributed by atoms with Crippen LogP contribution in [0.1, 0.15) is 11.1 Å². The van der Waals surface area contributed by atoms with Crippen LogP contribution < -0.4 is 5.32 Å². The van der Waals surface area contributed by atoms with Crippen LogP contribution in [0.5, 0.6) is 0 Å². The van der Waals surface area contributed by atoms with Crippen molar-refractivity contribution in [2.45, 2.75) is 17.9 Å². The van der Waals surface area contributed by atoms with E-state index in [1.807, 2.05) is 24.3 Å². The quantitative estimate of drug-likeness (QED) is 0.826. The number of carbonyl (C=O) groups excluding carboxylic acids is 1. The van der Waals surface area contributed by atoms with Crippen LogP contribution in [0.4, 0.5) is 5.69 Å². The molecule has 0 saturated carbocycles. The first kappa shape index (κ1) is 16.4. The summed E-state index contributed by atoms with van der Waals surface area (Å²) in [4.78, 5) is 14.8. The number of anilines is 1. The minimum absolute atomic E-state index is 0.110. The lowest BCUT2D eigenvalue weighted by Gasteiger charge is -2.14. The molecule has 0 unspecified atom stereocenters. The van der Waals surface area contributed by atoms with Crippen molar-refractivity contribution < 1.29 is 4.79 Å². The molecule has 0 spiro atoms. The summed E-state index contributed by atoms with van der Waals surface area (Å²) in [6.45, 7) is 0.752. The number of nitrogens with zero attached hydrogens (tertiary/aromatic N) is 1. The molecule has 0 bridgehead atoms. The first-order valence-electron chi connectivity index (χ1n) is 7.25. The third-order valence-corrected chi connectivity index (χ3v) is 4.24. The first-order valence-corrected chi connectivity index (χ1v) is 8.47. The molecule has 0 aliphatic heterocycles. The van der Waals surface area contributed by atoms with Gasteiger partial charge in [0.1, 0.15) is 0 Å². The van der Waals surface area contributed by atoms with Crippen molar-refractivity contribution in [1.82, 2.24) is 4.90 Å². The molecular formula is C18H22N2OS. The minimum Gasteiger partial charge on any atom is -0.381 e. The van der Waals surface area contributed by atoms with Crippen LogP contribution in [0.15, 0.2) is 53.4 Å². The lowest BCUT2D eigenvalue weighted by atomic mass is 10.1. The summed E-state index contributed by atoms with van der Waals surface area (Å²) < 4.78 is 0. The molecule has 0 aromatic heterocycles. The van der Waals surface area contributed by atoms with Crippen LogP contribution in [0.25, 0.3) is 0 Å². The van der Waals surface area contributed by atoms with Gasteiger partial charge in [-0.1, -0.05) is 30.3 Å². The molecule has 0 aliphatic carbocycles. The number of hydrogen-bond acceptors (Lipinski definition) is 3. The van der Waals surface area contributed by atoms with E-state index in [9.17, 15) is 4.79 Å². The predicted octanol–water partition coefficient (Wildman–Crippen LogP) is 3.65. The largest absolute Gasteiger partial charge is 0.381 e. The van der Waals surface area contributed by atoms with Gasteiger partial charge in [-0.05, 0) is 35.6 Å². The van der Waals surface area contributed by atoms with E-state index in [0.717, 1.165) is 17.8 Å². The van der Waals surface area contributed by atoms with E-state index in [2.05, 4.69) is 35.8 Å². The Morgan fingerprint density at radius 1 is 1.09 bits per heavy atom. The van der Waals surface area contributed by atoms with Crippen LogP contribution in [-0.2, 0) is 17.8 Å². The highest BCUT2D eigenvalue weighted by atomic mass is 32.2. The summed E-state index contributed by atoms with van der Waals surface area (Å²) >= 11 is 1.74. The Bertz CT molecular complexity index is 623. The molecule has 0 aliphatic rings. The van der Waals surface area contributed by atoms with Gasteiger partial charge in [0.25, 0.3) is 0 Å². The zero-order valence-corrected chi connectivity index (χ0v) is 14.1. The number of para-hydroxylation sites is 1. The van der Waals surface area contributed by atoms with Gasteiger partial charge in [0, 0.05) is 31.2 Å². The van der Waals surface area contributed by atoms with Crippen LogP contribution in [0.2, 0.25) is 0 Å². The molecule has 0 fully saturated rings. The van der Waals surface area contributed by atoms with E-state index in [-0.39, 0.29) is 5.91 Å². The Labute approximate surface area is 136 Å². The maximum atomic E-state index is 11.9. The molecular weight excluding hydrogens is 292 g/mol. The SMILES string of the molecule is CSc1ccc(CNc2ccccc2CC(=O)N(C)C)cc1. The van der Waals surface area contributed by atoms with Crippen molar-refractivity contribution in [3.05, 3.63) is 59.7 Å². The molecule has 4 heteroatoms. The molecule has 0 heterocycles. The Balaban J connectivity index is 2.04. The average Bonchev–Trinajstić information content (AvgIpc) is 2.54. The summed E-state index contributed by atoms with van der Waals surface area (Å²) in [5.41, 5.74) is 3.28. The Hall–Kier alpha value is -1.94. The van der Waals surface area contributed by atoms with E-state index >= 15 is 0 Å². The Morgan fingerprint density at radius 3 is 2.41 bits per heavy atom. The molecule has 116 valence electrons. The number of benzene rings is 2. The van der Waals surface area contributed by atoms with E-state index < -0.39 is 0 Å². The fraction of sp³-hybridized carbons (Fsp3) is 0.278. The topological polar surface area (TPSA) is 32.3 Å². The van der Waals surface area contributed by atoms with Gasteiger partial charge in [-0.15, -0.1) is 11.8 Å². The first-order chi connectivity index (χ1) is 10.6. The average molecular weight is 314 g/mol. The molecule has 1 N–H and O–H groups in total. The maximum absolute atomic E-state index is 11.9. The minimum atomic E-state index is 0.110. The van der Waals surface area contributed by atoms with Gasteiger partial charge < -0.3 is 10.2 Å². The highest BCUT2D eigenvalue weighted by Gasteiger charge is 2.09. The molecule has 2 rings (SSSR count). The van der Waals surface area contributed by atoms with Crippen molar-refractivity contribution in [2.24, 2.45) is 0 Å². The number of likely N-dealkylation sites (N-methyl/N-ethyl adjacent to an activating group) is 1. The van der Waals surface area contributed by atoms with Gasteiger partial charge in [0.15, 0.2) is 0 Å². The van der Waals surface area contributed by atoms with Crippen molar-refractivity contribution in [1.29, 1.82) is 0 Å². The van der Waals surface area contributed by atoms with Crippen LogP contribution >= 0.6 is 11.8 Å². The third-order valence-electron chi connectivity index (χ3n) is 3.50. The normalized spacial score (nSPS) is 10.3. The number of rotatable bonds is 6. The summed E-state index contributed by atoms with van der Waals surface area (Å²) in [6, 6.07) is 16.5. The fourth-order valence-corrected chi connectivity index (χ4v) is 2.52. The highest BCUT2D eigenvalue weighted by molar-refractivity contribution is 7.98. The lowest BCUT2D eigenvalue weighted by Crippen LogP contribution is -2.23. The third kappa shape index (κ3) is 4.53. The predicted molar refractivity (Wildman–Crippen MR) is 94.4 cm³/mol. The van der Waals surface area contributed by atoms with Crippen molar-refractivity contribution in [3.63, 3.8) is 0 Å². The lowest BCUT2D eigenvalue weighted by molar-refractivity contribution is -0.127. The molecule has 0 saturated heterocycles. The second kappa shape index (κ2) is 7.90. The number of carbonyl (C=O) groups is 1. The van der Waals surface area contributed by atoms with Gasteiger partial charge in [-0.2, -0.15) is 0 Å². The summed E-state index contributed by atoms with van der Waals surface area (Å²) in [5, 5.41) is 3.43. The van der Waals surface area contributed by atoms with Gasteiger partial charge in [-0.25, -0.2) is 0 Å². The zero-order valence-electron chi connectivity index (χ0n) is 13.3. The number of nitrogens with one attached hydrogen (secondary N) is 1. The van der Waals surface area contributed by atoms with Gasteiger partial charge >= 0.3 is 0 Å². The molecule has 1 amide bonds. The number of hydrogen-bond donors (Lipinski definition) is 1. The Kier molecular flexibility index (Phi) is 5.90. The van der Waals surface area contributed by atoms with Gasteiger partial charge in [0.05, 0.1) is 6.42 Å². The molecule has 22 heavy (non-hydrogen) atoms. The molecule has 0 radical (unpaired) electrons. The van der Waals surface area contributed by atoms with Gasteiger partial charge in [-0.3, -0.25) is 4.79 Å². The highest BCUT2D eigenvalue weighted by Crippen LogP contribution is 2.19. The van der Waals surface area contributed by atoms with Crippen molar-refractivity contribution in [2.75, 3.05) is 25.7 Å². The molecule has 3 nitrogen and oxygen atoms in total. The fourth-order valence-electron chi connectivity index (χ4n) is 2.11. The second-order valence-electron chi connectivity index (χ2n) is 5.32. The summed E-state index contributed by atoms with van der Waals surface area (Å²) in [5.74, 6) is 0.110. The second-order valence-corrected chi connectivity index (χ2v) is 6.20. The van der Waals surface area contributed by atoms with E-state index in [1.54, 1.807) is 30.8 Å². The van der Waals surface area contributed by atoms with Gasteiger partial charge in [0.2, 0.25) is 5.91 Å². The Morgan fingerprint density at radius 2 is 1.77 bits per heavy atom. The monoisotopic (exact) mass is 314 g/mol. The number of thioether (sulfide) groups is 1.